The van der Waals surface area contributed by atoms with Gasteiger partial charge < -0.3 is 18.9 Å². The third-order valence-electron chi connectivity index (χ3n) is 4.98. The number of thioether (sulfide) groups is 1. The Morgan fingerprint density at radius 3 is 2.32 bits per heavy atom. The molecule has 1 fully saturated rings. The van der Waals surface area contributed by atoms with Gasteiger partial charge in [-0.15, -0.1) is 23.1 Å². The van der Waals surface area contributed by atoms with Crippen molar-refractivity contribution in [3.8, 4) is 16.2 Å². The highest BCUT2D eigenvalue weighted by Crippen LogP contribution is 2.37. The molecule has 4 atom stereocenters. The molecule has 10 heteroatoms. The summed E-state index contributed by atoms with van der Waals surface area (Å²) in [6, 6.07) is 12.1. The summed E-state index contributed by atoms with van der Waals surface area (Å²) in [5.41, 5.74) is 0.178. The minimum absolute atomic E-state index is 0.295. The molecule has 0 unspecified atom stereocenters. The van der Waals surface area contributed by atoms with Crippen molar-refractivity contribution in [1.29, 1.82) is 0 Å². The van der Waals surface area contributed by atoms with Gasteiger partial charge in [0, 0.05) is 47.9 Å². The van der Waals surface area contributed by atoms with Gasteiger partial charge in [-0.1, -0.05) is 18.2 Å². The van der Waals surface area contributed by atoms with Crippen LogP contribution in [0.15, 0.2) is 48.8 Å². The molecular weight excluding hydrogens is 478 g/mol. The summed E-state index contributed by atoms with van der Waals surface area (Å²) in [5, 5.41) is 1.15. The first-order chi connectivity index (χ1) is 16.3. The molecule has 8 nitrogen and oxygen atoms in total. The average molecular weight is 502 g/mol. The van der Waals surface area contributed by atoms with Crippen LogP contribution in [0.5, 0.6) is 5.75 Å². The molecule has 1 aliphatic heterocycles. The van der Waals surface area contributed by atoms with E-state index in [1.807, 2.05) is 18.2 Å². The fourth-order valence-electron chi connectivity index (χ4n) is 3.69. The molecule has 3 aromatic rings. The van der Waals surface area contributed by atoms with Crippen molar-refractivity contribution >= 4 is 51.1 Å². The monoisotopic (exact) mass is 501 g/mol. The number of pyridine rings is 1. The predicted molar refractivity (Wildman–Crippen MR) is 129 cm³/mol. The Balaban J connectivity index is 1.59. The smallest absolute Gasteiger partial charge is 0.303 e. The lowest BCUT2D eigenvalue weighted by atomic mass is 10.1. The number of hydrogen-bond acceptors (Lipinski definition) is 10. The van der Waals surface area contributed by atoms with Crippen LogP contribution in [0.25, 0.3) is 20.5 Å². The molecule has 1 saturated heterocycles. The fourth-order valence-corrected chi connectivity index (χ4v) is 5.95. The Kier molecular flexibility index (Phi) is 7.38. The van der Waals surface area contributed by atoms with Gasteiger partial charge in [0.25, 0.3) is 0 Å². The van der Waals surface area contributed by atoms with Crippen LogP contribution in [0.2, 0.25) is 0 Å². The van der Waals surface area contributed by atoms with Crippen LogP contribution in [-0.2, 0) is 28.6 Å². The first-order valence-corrected chi connectivity index (χ1v) is 12.4. The summed E-state index contributed by atoms with van der Waals surface area (Å²) in [5.74, 6) is -0.917. The number of ether oxygens (including phenoxy) is 4. The summed E-state index contributed by atoms with van der Waals surface area (Å²) >= 11 is 2.95. The van der Waals surface area contributed by atoms with E-state index in [-0.39, 0.29) is 0 Å². The molecule has 178 valence electrons. The van der Waals surface area contributed by atoms with Crippen molar-refractivity contribution in [1.82, 2.24) is 4.98 Å². The van der Waals surface area contributed by atoms with E-state index < -0.39 is 41.7 Å². The third kappa shape index (κ3) is 5.68. The molecule has 1 aliphatic rings. The minimum Gasteiger partial charge on any atom is -0.474 e. The average Bonchev–Trinajstić information content (AvgIpc) is 3.21. The van der Waals surface area contributed by atoms with Gasteiger partial charge in [-0.3, -0.25) is 19.4 Å². The maximum Gasteiger partial charge on any atom is 0.303 e. The number of rotatable bonds is 6. The Labute approximate surface area is 204 Å². The van der Waals surface area contributed by atoms with Crippen LogP contribution >= 0.6 is 23.1 Å². The van der Waals surface area contributed by atoms with Gasteiger partial charge in [0.2, 0.25) is 0 Å². The number of hydrogen-bond donors (Lipinski definition) is 0. The number of thiophene rings is 1. The van der Waals surface area contributed by atoms with Crippen LogP contribution in [0.1, 0.15) is 20.8 Å². The van der Waals surface area contributed by atoms with E-state index in [9.17, 15) is 14.4 Å². The van der Waals surface area contributed by atoms with Gasteiger partial charge in [0.1, 0.15) is 5.75 Å². The van der Waals surface area contributed by atoms with Crippen molar-refractivity contribution in [3.05, 3.63) is 48.8 Å². The summed E-state index contributed by atoms with van der Waals surface area (Å²) < 4.78 is 23.6. The molecule has 0 amide bonds. The number of carbonyl (C=O) groups excluding carboxylic acids is 3. The molecule has 3 heterocycles. The molecule has 0 spiro atoms. The van der Waals surface area contributed by atoms with Gasteiger partial charge in [-0.2, -0.15) is 0 Å². The highest BCUT2D eigenvalue weighted by atomic mass is 32.2. The number of fused-ring (bicyclic) bond motifs is 1. The van der Waals surface area contributed by atoms with E-state index in [2.05, 4.69) is 23.2 Å². The number of benzene rings is 1. The fraction of sp³-hybridized carbons (Fsp3) is 0.333. The van der Waals surface area contributed by atoms with E-state index in [4.69, 9.17) is 18.9 Å². The highest BCUT2D eigenvalue weighted by molar-refractivity contribution is 7.99. The largest absolute Gasteiger partial charge is 0.474 e. The maximum absolute atomic E-state index is 11.8. The van der Waals surface area contributed by atoms with E-state index in [0.717, 1.165) is 15.8 Å². The normalized spacial score (nSPS) is 22.1. The van der Waals surface area contributed by atoms with Gasteiger partial charge in [-0.05, 0) is 23.6 Å². The predicted octanol–water partition coefficient (Wildman–Crippen LogP) is 4.21. The summed E-state index contributed by atoms with van der Waals surface area (Å²) in [7, 11) is 0. The lowest BCUT2D eigenvalue weighted by Gasteiger charge is -2.39. The maximum atomic E-state index is 11.8. The van der Waals surface area contributed by atoms with E-state index in [1.54, 1.807) is 23.7 Å². The number of nitrogens with zero attached hydrogens (tertiary/aromatic N) is 1. The lowest BCUT2D eigenvalue weighted by molar-refractivity contribution is -0.186. The van der Waals surface area contributed by atoms with Crippen molar-refractivity contribution in [3.63, 3.8) is 0 Å². The second kappa shape index (κ2) is 10.4. The number of carbonyl (C=O) groups is 3. The zero-order chi connectivity index (χ0) is 24.2. The van der Waals surface area contributed by atoms with Crippen LogP contribution in [0.3, 0.4) is 0 Å². The molecule has 0 aliphatic carbocycles. The summed E-state index contributed by atoms with van der Waals surface area (Å²) in [6.07, 6.45) is 0.556. The van der Waals surface area contributed by atoms with Crippen molar-refractivity contribution in [2.24, 2.45) is 0 Å². The molecule has 0 saturated carbocycles. The second-order valence-electron chi connectivity index (χ2n) is 7.67. The second-order valence-corrected chi connectivity index (χ2v) is 9.89. The molecule has 4 rings (SSSR count). The molecule has 0 N–H and O–H groups in total. The van der Waals surface area contributed by atoms with Crippen molar-refractivity contribution in [2.45, 2.75) is 44.5 Å². The summed E-state index contributed by atoms with van der Waals surface area (Å²) in [4.78, 5) is 40.5. The molecule has 0 bridgehead atoms. The van der Waals surface area contributed by atoms with Crippen molar-refractivity contribution < 1.29 is 33.3 Å². The van der Waals surface area contributed by atoms with E-state index >= 15 is 0 Å². The topological polar surface area (TPSA) is 101 Å². The zero-order valence-electron chi connectivity index (χ0n) is 18.8. The Morgan fingerprint density at radius 1 is 0.912 bits per heavy atom. The van der Waals surface area contributed by atoms with Gasteiger partial charge in [-0.25, -0.2) is 0 Å². The standard InChI is InChI=1S/C24H23NO7S2/c1-13(26)29-19-12-33-24(23(31-15(3)28)22(19)30-14(2)27)32-18-8-17(10-25-11-18)21-9-16-6-4-5-7-20(16)34-21/h4-11,19,22-24H,12H2,1-3H3/t19-,22+,23-,24-/m1/s1. The molecule has 2 aromatic heterocycles. The quantitative estimate of drug-likeness (QED) is 0.363. The SMILES string of the molecule is CC(=O)O[C@@H]1[C@@H](OC(C)=O)[C@H](OC(C)=O)CS[C@H]1Oc1cncc(-c2cc3ccccc3s2)c1. The van der Waals surface area contributed by atoms with Gasteiger partial charge in [0.15, 0.2) is 23.7 Å². The van der Waals surface area contributed by atoms with E-state index in [0.29, 0.717) is 11.5 Å². The van der Waals surface area contributed by atoms with Gasteiger partial charge >= 0.3 is 17.9 Å². The van der Waals surface area contributed by atoms with Crippen LogP contribution < -0.4 is 4.74 Å². The third-order valence-corrected chi connectivity index (χ3v) is 7.36. The lowest BCUT2D eigenvalue weighted by Crippen LogP contribution is -2.55. The summed E-state index contributed by atoms with van der Waals surface area (Å²) in [6.45, 7) is 3.77. The van der Waals surface area contributed by atoms with Gasteiger partial charge in [0.05, 0.1) is 6.20 Å². The highest BCUT2D eigenvalue weighted by Gasteiger charge is 2.47. The number of aromatic nitrogens is 1. The minimum atomic E-state index is -1.00. The zero-order valence-corrected chi connectivity index (χ0v) is 20.4. The Bertz CT molecular complexity index is 1180. The van der Waals surface area contributed by atoms with Crippen LogP contribution in [0.4, 0.5) is 0 Å². The first kappa shape index (κ1) is 24.0. The Morgan fingerprint density at radius 2 is 1.62 bits per heavy atom. The van der Waals surface area contributed by atoms with Crippen LogP contribution in [-0.4, -0.2) is 52.4 Å². The molecule has 0 radical (unpaired) electrons. The molecule has 1 aromatic carbocycles. The first-order valence-electron chi connectivity index (χ1n) is 10.5. The molecule has 34 heavy (non-hydrogen) atoms. The molecular formula is C24H23NO7S2. The van der Waals surface area contributed by atoms with Crippen molar-refractivity contribution in [2.75, 3.05) is 5.75 Å². The van der Waals surface area contributed by atoms with Crippen LogP contribution in [0, 0.1) is 0 Å². The number of esters is 3. The van der Waals surface area contributed by atoms with E-state index in [1.165, 1.54) is 37.2 Å². The Hall–Kier alpha value is -3.11.